The zero-order chi connectivity index (χ0) is 44.2. The van der Waals surface area contributed by atoms with Gasteiger partial charge in [0.05, 0.1) is 40.0 Å². The van der Waals surface area contributed by atoms with Gasteiger partial charge in [0.1, 0.15) is 49.2 Å². The predicted octanol–water partition coefficient (Wildman–Crippen LogP) is 2.47. The first-order valence-electron chi connectivity index (χ1n) is 19.3. The number of aliphatic hydroxyl groups is 4. The van der Waals surface area contributed by atoms with Gasteiger partial charge in [0.2, 0.25) is 0 Å². The molecule has 0 spiro atoms. The van der Waals surface area contributed by atoms with Gasteiger partial charge in [-0.25, -0.2) is 9.59 Å². The maximum atomic E-state index is 13.3. The van der Waals surface area contributed by atoms with E-state index in [0.29, 0.717) is 5.56 Å². The van der Waals surface area contributed by atoms with E-state index >= 15 is 0 Å². The van der Waals surface area contributed by atoms with E-state index in [1.807, 2.05) is 0 Å². The summed E-state index contributed by atoms with van der Waals surface area (Å²) in [5, 5.41) is 40.9. The number of hydrogen-bond donors (Lipinski definition) is 4. The Kier molecular flexibility index (Phi) is 16.0. The molecule has 4 aliphatic heterocycles. The van der Waals surface area contributed by atoms with Crippen LogP contribution in [-0.4, -0.2) is 155 Å². The molecule has 2 saturated heterocycles. The number of aliphatic hydroxyl groups excluding tert-OH is 4. The van der Waals surface area contributed by atoms with E-state index in [4.69, 9.17) is 28.4 Å². The van der Waals surface area contributed by atoms with Crippen molar-refractivity contribution in [2.24, 2.45) is 0 Å². The number of fused-ring (bicyclic) bond motifs is 2. The molecule has 64 heavy (non-hydrogen) atoms. The molecule has 0 saturated carbocycles. The van der Waals surface area contributed by atoms with Gasteiger partial charge in [-0.1, -0.05) is 75.5 Å². The molecule has 4 aromatic rings. The van der Waals surface area contributed by atoms with Gasteiger partial charge >= 0.3 is 11.9 Å². The van der Waals surface area contributed by atoms with Crippen molar-refractivity contribution in [3.05, 3.63) is 143 Å². The monoisotopic (exact) mass is 886 g/mol. The van der Waals surface area contributed by atoms with Gasteiger partial charge in [0, 0.05) is 14.2 Å². The highest BCUT2D eigenvalue weighted by Crippen LogP contribution is 2.35. The number of methoxy groups -OCH3 is 2. The summed E-state index contributed by atoms with van der Waals surface area (Å²) in [4.78, 5) is 79.0. The van der Waals surface area contributed by atoms with Gasteiger partial charge in [-0.05, 0) is 48.5 Å². The lowest BCUT2D eigenvalue weighted by atomic mass is 9.95. The maximum absolute atomic E-state index is 13.3. The van der Waals surface area contributed by atoms with Gasteiger partial charge in [-0.15, -0.1) is 0 Å². The maximum Gasteiger partial charge on any atom is 0.338 e. The highest BCUT2D eigenvalue weighted by Gasteiger charge is 2.56. The average Bonchev–Trinajstić information content (AvgIpc) is 3.71. The third-order valence-corrected chi connectivity index (χ3v) is 10.8. The number of esters is 2. The van der Waals surface area contributed by atoms with Crippen LogP contribution in [0, 0.1) is 0 Å². The molecule has 0 aromatic heterocycles. The Hall–Kier alpha value is -6.22. The summed E-state index contributed by atoms with van der Waals surface area (Å²) in [6.45, 7) is -0.949. The number of carbonyl (C=O) groups excluding carboxylic acids is 6. The normalized spacial score (nSPS) is 27.0. The third-order valence-electron chi connectivity index (χ3n) is 10.8. The second kappa shape index (κ2) is 21.0. The Morgan fingerprint density at radius 2 is 0.938 bits per heavy atom. The first kappa shape index (κ1) is 48.8. The average molecular weight is 887 g/mol. The van der Waals surface area contributed by atoms with Gasteiger partial charge in [0.15, 0.2) is 18.7 Å². The number of nitrogens with zero attached hydrogens (tertiary/aromatic N) is 2. The third kappa shape index (κ3) is 9.21. The fourth-order valence-corrected chi connectivity index (χ4v) is 7.72. The number of hydrogen-bond acceptors (Lipinski definition) is 16. The molecule has 10 unspecified atom stereocenters. The van der Waals surface area contributed by atoms with Crippen LogP contribution in [0.1, 0.15) is 77.0 Å². The van der Waals surface area contributed by atoms with Crippen LogP contribution in [-0.2, 0) is 28.4 Å². The molecule has 4 aromatic carbocycles. The number of rotatable bonds is 10. The lowest BCUT2D eigenvalue weighted by Crippen LogP contribution is -2.66. The number of ether oxygens (including phenoxy) is 6. The van der Waals surface area contributed by atoms with E-state index < -0.39 is 110 Å². The van der Waals surface area contributed by atoms with E-state index in [0.717, 1.165) is 9.80 Å². The fourth-order valence-electron chi connectivity index (χ4n) is 7.72. The molecule has 4 aliphatic rings. The van der Waals surface area contributed by atoms with E-state index in [1.54, 1.807) is 72.8 Å². The largest absolute Gasteiger partial charge is 0.459 e. The molecule has 0 aliphatic carbocycles. The molecule has 0 radical (unpaired) electrons. The number of benzene rings is 4. The van der Waals surface area contributed by atoms with E-state index in [9.17, 15) is 49.2 Å². The van der Waals surface area contributed by atoms with Crippen LogP contribution in [0.2, 0.25) is 0 Å². The lowest BCUT2D eigenvalue weighted by Gasteiger charge is -2.45. The second-order valence-electron chi connectivity index (χ2n) is 14.4. The highest BCUT2D eigenvalue weighted by molar-refractivity contribution is 6.22. The minimum atomic E-state index is -1.60. The van der Waals surface area contributed by atoms with Crippen LogP contribution in [0.3, 0.4) is 0 Å². The molecular weight excluding hydrogens is 837 g/mol. The summed E-state index contributed by atoms with van der Waals surface area (Å²) in [7, 11) is 2.57. The van der Waals surface area contributed by atoms with Crippen LogP contribution < -0.4 is 0 Å². The van der Waals surface area contributed by atoms with E-state index in [-0.39, 0.29) is 42.7 Å². The number of imide groups is 2. The van der Waals surface area contributed by atoms with Gasteiger partial charge in [-0.3, -0.25) is 29.0 Å². The first-order valence-corrected chi connectivity index (χ1v) is 19.3. The van der Waals surface area contributed by atoms with Crippen LogP contribution in [0.15, 0.2) is 109 Å². The lowest BCUT2D eigenvalue weighted by molar-refractivity contribution is -0.272. The molecule has 4 heterocycles. The van der Waals surface area contributed by atoms with Crippen molar-refractivity contribution in [1.82, 2.24) is 9.80 Å². The summed E-state index contributed by atoms with van der Waals surface area (Å²) in [6.07, 6.45) is -10.8. The minimum absolute atomic E-state index is 0. The van der Waals surface area contributed by atoms with Crippen molar-refractivity contribution >= 4 is 35.6 Å². The number of carbonyl (C=O) groups is 6. The van der Waals surface area contributed by atoms with Crippen LogP contribution >= 0.6 is 0 Å². The fraction of sp³-hybridized carbons (Fsp3) is 0.348. The molecule has 0 bridgehead atoms. The summed E-state index contributed by atoms with van der Waals surface area (Å²) in [5.41, 5.74) is 1.26. The summed E-state index contributed by atoms with van der Waals surface area (Å²) < 4.78 is 32.9. The minimum Gasteiger partial charge on any atom is -0.459 e. The standard InChI is InChI=1S/C29H25NO9.C15H17NO7.2CH4/c1-36-29-22(30-25(32)19-14-8-9-15-20(19)26(30)33)24(39-28(35)18-12-6-3-7-13-18)23(31)21(38-29)16-37-27(34)17-10-4-2-5-11-17;1-22-15-10(12(19)11(18)9(6-17)23-15)16-13(20)7-4-2-3-5-8(7)14(16)21;;/h2-15,21-24,29,31H,16H2,1H3;2-5,9-12,15,17-19H,6H2,1H3;2*1H4. The van der Waals surface area contributed by atoms with Gasteiger partial charge < -0.3 is 48.8 Å². The Bertz CT molecular complexity index is 2240. The zero-order valence-electron chi connectivity index (χ0n) is 33.2. The predicted molar refractivity (Wildman–Crippen MR) is 224 cm³/mol. The van der Waals surface area contributed by atoms with Crippen molar-refractivity contribution in [3.8, 4) is 0 Å². The van der Waals surface area contributed by atoms with Gasteiger partial charge in [0.25, 0.3) is 23.6 Å². The molecule has 2 fully saturated rings. The molecule has 18 heteroatoms. The quantitative estimate of drug-likeness (QED) is 0.132. The van der Waals surface area contributed by atoms with Crippen LogP contribution in [0.5, 0.6) is 0 Å². The highest BCUT2D eigenvalue weighted by atomic mass is 16.7. The SMILES string of the molecule is C.C.COC1OC(CO)C(O)C(O)C1N1C(=O)c2ccccc2C1=O.COC1OC(COC(=O)c2ccccc2)C(O)C(OC(=O)c2ccccc2)C1N1C(=O)c2ccccc2C1=O. The van der Waals surface area contributed by atoms with Crippen LogP contribution in [0.4, 0.5) is 0 Å². The molecular formula is C46H50N2O16. The van der Waals surface area contributed by atoms with Gasteiger partial charge in [-0.2, -0.15) is 0 Å². The molecule has 4 N–H and O–H groups in total. The molecule has 4 amide bonds. The Balaban J connectivity index is 0.000000264. The topological polar surface area (TPSA) is 245 Å². The molecule has 340 valence electrons. The summed E-state index contributed by atoms with van der Waals surface area (Å²) in [5.74, 6) is -3.91. The van der Waals surface area contributed by atoms with E-state index in [2.05, 4.69) is 0 Å². The van der Waals surface area contributed by atoms with Crippen molar-refractivity contribution in [2.45, 2.75) is 76.1 Å². The molecule has 18 nitrogen and oxygen atoms in total. The summed E-state index contributed by atoms with van der Waals surface area (Å²) in [6, 6.07) is 26.3. The van der Waals surface area contributed by atoms with Crippen LogP contribution in [0.25, 0.3) is 0 Å². The Morgan fingerprint density at radius 3 is 1.38 bits per heavy atom. The van der Waals surface area contributed by atoms with Crippen molar-refractivity contribution in [3.63, 3.8) is 0 Å². The zero-order valence-corrected chi connectivity index (χ0v) is 33.2. The second-order valence-corrected chi connectivity index (χ2v) is 14.4. The Labute approximate surface area is 368 Å². The van der Waals surface area contributed by atoms with Crippen molar-refractivity contribution in [1.29, 1.82) is 0 Å². The summed E-state index contributed by atoms with van der Waals surface area (Å²) >= 11 is 0. The first-order chi connectivity index (χ1) is 29.9. The number of amides is 4. The molecule has 8 rings (SSSR count). The van der Waals surface area contributed by atoms with Crippen molar-refractivity contribution in [2.75, 3.05) is 27.4 Å². The van der Waals surface area contributed by atoms with E-state index in [1.165, 1.54) is 50.6 Å². The van der Waals surface area contributed by atoms with Crippen molar-refractivity contribution < 1.29 is 77.6 Å². The molecule has 10 atom stereocenters. The Morgan fingerprint density at radius 1 is 0.547 bits per heavy atom. The smallest absolute Gasteiger partial charge is 0.338 e.